The predicted molar refractivity (Wildman–Crippen MR) is 54.4 cm³/mol. The van der Waals surface area contributed by atoms with E-state index >= 15 is 0 Å². The quantitative estimate of drug-likeness (QED) is 0.735. The van der Waals surface area contributed by atoms with Crippen molar-refractivity contribution in [3.63, 3.8) is 0 Å². The number of aromatic nitrogens is 2. The Labute approximate surface area is 88.3 Å². The van der Waals surface area contributed by atoms with E-state index < -0.39 is 0 Å². The van der Waals surface area contributed by atoms with Gasteiger partial charge in [-0.1, -0.05) is 0 Å². The van der Waals surface area contributed by atoms with E-state index in [0.717, 1.165) is 6.42 Å². The van der Waals surface area contributed by atoms with Crippen LogP contribution in [0.15, 0.2) is 18.7 Å². The molecule has 1 N–H and O–H groups in total. The number of carbonyl (C=O) groups excluding carboxylic acids is 1. The molecule has 1 fully saturated rings. The zero-order valence-corrected chi connectivity index (χ0v) is 8.71. The fourth-order valence-corrected chi connectivity index (χ4v) is 1.89. The number of aliphatic hydroxyl groups is 1. The molecule has 1 aliphatic heterocycles. The summed E-state index contributed by atoms with van der Waals surface area (Å²) < 4.78 is 1.46. The van der Waals surface area contributed by atoms with Crippen LogP contribution < -0.4 is 0 Å². The molecule has 2 unspecified atom stereocenters. The van der Waals surface area contributed by atoms with Gasteiger partial charge in [-0.05, 0) is 13.3 Å². The minimum absolute atomic E-state index is 0.0596. The summed E-state index contributed by atoms with van der Waals surface area (Å²) in [5, 5.41) is 9.43. The van der Waals surface area contributed by atoms with E-state index in [-0.39, 0.29) is 18.1 Å². The standard InChI is InChI=1S/C10H15N3O2/c1-8(14)9-2-4-12(6-9)10(15)13-5-3-11-7-13/h3,5,7-9,14H,2,4,6H2,1H3. The number of hydrogen-bond acceptors (Lipinski definition) is 3. The molecule has 0 bridgehead atoms. The minimum Gasteiger partial charge on any atom is -0.393 e. The lowest BCUT2D eigenvalue weighted by Crippen LogP contribution is -2.33. The summed E-state index contributed by atoms with van der Waals surface area (Å²) in [5.41, 5.74) is 0. The second-order valence-corrected chi connectivity index (χ2v) is 3.99. The highest BCUT2D eigenvalue weighted by molar-refractivity contribution is 5.76. The normalized spacial score (nSPS) is 23.1. The third kappa shape index (κ3) is 2.02. The monoisotopic (exact) mass is 209 g/mol. The molecule has 2 atom stereocenters. The first-order valence-corrected chi connectivity index (χ1v) is 5.14. The fraction of sp³-hybridized carbons (Fsp3) is 0.600. The summed E-state index contributed by atoms with van der Waals surface area (Å²) in [6.45, 7) is 3.12. The van der Waals surface area contributed by atoms with Crippen LogP contribution in [0.4, 0.5) is 4.79 Å². The lowest BCUT2D eigenvalue weighted by atomic mass is 10.0. The Bertz CT molecular complexity index is 334. The molecule has 0 aromatic carbocycles. The Morgan fingerprint density at radius 2 is 2.47 bits per heavy atom. The van der Waals surface area contributed by atoms with Crippen molar-refractivity contribution in [3.05, 3.63) is 18.7 Å². The summed E-state index contributed by atoms with van der Waals surface area (Å²) in [6, 6.07) is -0.0596. The van der Waals surface area contributed by atoms with Crippen molar-refractivity contribution in [3.8, 4) is 0 Å². The van der Waals surface area contributed by atoms with Crippen molar-refractivity contribution in [2.45, 2.75) is 19.4 Å². The highest BCUT2D eigenvalue weighted by Gasteiger charge is 2.29. The number of aliphatic hydroxyl groups excluding tert-OH is 1. The van der Waals surface area contributed by atoms with Crippen LogP contribution in [0.1, 0.15) is 13.3 Å². The zero-order chi connectivity index (χ0) is 10.8. The number of imidazole rings is 1. The second kappa shape index (κ2) is 4.02. The average Bonchev–Trinajstić information content (AvgIpc) is 2.88. The molecule has 82 valence electrons. The van der Waals surface area contributed by atoms with Gasteiger partial charge in [0.2, 0.25) is 0 Å². The molecule has 5 heteroatoms. The van der Waals surface area contributed by atoms with Crippen molar-refractivity contribution < 1.29 is 9.90 Å². The Balaban J connectivity index is 1.99. The Kier molecular flexibility index (Phi) is 2.73. The molecule has 1 aliphatic rings. The third-order valence-electron chi connectivity index (χ3n) is 2.90. The smallest absolute Gasteiger partial charge is 0.329 e. The van der Waals surface area contributed by atoms with Gasteiger partial charge in [-0.15, -0.1) is 0 Å². The maximum Gasteiger partial charge on any atom is 0.329 e. The van der Waals surface area contributed by atoms with E-state index in [1.54, 1.807) is 24.2 Å². The lowest BCUT2D eigenvalue weighted by molar-refractivity contribution is 0.129. The second-order valence-electron chi connectivity index (χ2n) is 3.99. The van der Waals surface area contributed by atoms with E-state index in [1.165, 1.54) is 10.9 Å². The van der Waals surface area contributed by atoms with Gasteiger partial charge in [-0.25, -0.2) is 9.78 Å². The van der Waals surface area contributed by atoms with Crippen molar-refractivity contribution in [1.29, 1.82) is 0 Å². The SMILES string of the molecule is CC(O)C1CCN(C(=O)n2ccnc2)C1. The Morgan fingerprint density at radius 3 is 3.00 bits per heavy atom. The van der Waals surface area contributed by atoms with Gasteiger partial charge in [0.1, 0.15) is 6.33 Å². The first kappa shape index (κ1) is 10.2. The molecule has 15 heavy (non-hydrogen) atoms. The summed E-state index contributed by atoms with van der Waals surface area (Å²) in [6.07, 6.45) is 5.25. The van der Waals surface area contributed by atoms with Crippen LogP contribution in [0.2, 0.25) is 0 Å². The topological polar surface area (TPSA) is 58.4 Å². The number of likely N-dealkylation sites (tertiary alicyclic amines) is 1. The van der Waals surface area contributed by atoms with Gasteiger partial charge in [0.25, 0.3) is 0 Å². The number of carbonyl (C=O) groups is 1. The van der Waals surface area contributed by atoms with Gasteiger partial charge in [0.05, 0.1) is 6.10 Å². The third-order valence-corrected chi connectivity index (χ3v) is 2.90. The van der Waals surface area contributed by atoms with Crippen molar-refractivity contribution in [1.82, 2.24) is 14.5 Å². The van der Waals surface area contributed by atoms with E-state index in [4.69, 9.17) is 0 Å². The minimum atomic E-state index is -0.342. The fourth-order valence-electron chi connectivity index (χ4n) is 1.89. The molecular weight excluding hydrogens is 194 g/mol. The largest absolute Gasteiger partial charge is 0.393 e. The maximum absolute atomic E-state index is 11.8. The van der Waals surface area contributed by atoms with Crippen molar-refractivity contribution in [2.24, 2.45) is 5.92 Å². The van der Waals surface area contributed by atoms with E-state index in [9.17, 15) is 9.90 Å². The molecule has 0 aliphatic carbocycles. The molecule has 0 saturated carbocycles. The van der Waals surface area contributed by atoms with Gasteiger partial charge in [-0.3, -0.25) is 4.57 Å². The van der Waals surface area contributed by atoms with Gasteiger partial charge < -0.3 is 10.0 Å². The molecule has 1 aromatic heterocycles. The molecule has 1 saturated heterocycles. The van der Waals surface area contributed by atoms with Crippen LogP contribution >= 0.6 is 0 Å². The summed E-state index contributed by atoms with van der Waals surface area (Å²) in [5.74, 6) is 0.206. The zero-order valence-electron chi connectivity index (χ0n) is 8.71. The van der Waals surface area contributed by atoms with Crippen LogP contribution in [0.5, 0.6) is 0 Å². The van der Waals surface area contributed by atoms with Crippen LogP contribution in [-0.4, -0.2) is 44.8 Å². The van der Waals surface area contributed by atoms with Gasteiger partial charge in [0, 0.05) is 31.4 Å². The molecule has 1 amide bonds. The molecule has 2 heterocycles. The van der Waals surface area contributed by atoms with Crippen molar-refractivity contribution in [2.75, 3.05) is 13.1 Å². The number of nitrogens with zero attached hydrogens (tertiary/aromatic N) is 3. The first-order chi connectivity index (χ1) is 7.18. The Morgan fingerprint density at radius 1 is 1.67 bits per heavy atom. The summed E-state index contributed by atoms with van der Waals surface area (Å²) >= 11 is 0. The van der Waals surface area contributed by atoms with Crippen molar-refractivity contribution >= 4 is 6.03 Å². The maximum atomic E-state index is 11.8. The Hall–Kier alpha value is -1.36. The van der Waals surface area contributed by atoms with Crippen LogP contribution in [-0.2, 0) is 0 Å². The number of hydrogen-bond donors (Lipinski definition) is 1. The predicted octanol–water partition coefficient (Wildman–Crippen LogP) is 0.554. The van der Waals surface area contributed by atoms with Crippen LogP contribution in [0.25, 0.3) is 0 Å². The highest BCUT2D eigenvalue weighted by atomic mass is 16.3. The summed E-state index contributed by atoms with van der Waals surface area (Å²) in [4.78, 5) is 17.4. The van der Waals surface area contributed by atoms with Crippen LogP contribution in [0, 0.1) is 5.92 Å². The first-order valence-electron chi connectivity index (χ1n) is 5.14. The van der Waals surface area contributed by atoms with Gasteiger partial charge >= 0.3 is 6.03 Å². The number of amides is 1. The average molecular weight is 209 g/mol. The summed E-state index contributed by atoms with van der Waals surface area (Å²) in [7, 11) is 0. The van der Waals surface area contributed by atoms with E-state index in [0.29, 0.717) is 13.1 Å². The van der Waals surface area contributed by atoms with Gasteiger partial charge in [-0.2, -0.15) is 0 Å². The number of rotatable bonds is 1. The van der Waals surface area contributed by atoms with Crippen LogP contribution in [0.3, 0.4) is 0 Å². The molecular formula is C10H15N3O2. The molecule has 0 radical (unpaired) electrons. The highest BCUT2D eigenvalue weighted by Crippen LogP contribution is 2.20. The lowest BCUT2D eigenvalue weighted by Gasteiger charge is -2.17. The van der Waals surface area contributed by atoms with E-state index in [2.05, 4.69) is 4.98 Å². The molecule has 1 aromatic rings. The van der Waals surface area contributed by atoms with Gasteiger partial charge in [0.15, 0.2) is 0 Å². The molecule has 5 nitrogen and oxygen atoms in total. The van der Waals surface area contributed by atoms with E-state index in [1.807, 2.05) is 0 Å². The molecule has 0 spiro atoms. The molecule has 2 rings (SSSR count).